The maximum Gasteiger partial charge on any atom is 0.0714 e. The third-order valence-electron chi connectivity index (χ3n) is 4.29. The van der Waals surface area contributed by atoms with Crippen molar-refractivity contribution in [1.29, 1.82) is 0 Å². The van der Waals surface area contributed by atoms with Crippen molar-refractivity contribution >= 4 is 15.9 Å². The van der Waals surface area contributed by atoms with Crippen molar-refractivity contribution in [1.82, 2.24) is 20.0 Å². The van der Waals surface area contributed by atoms with Gasteiger partial charge in [0.05, 0.1) is 22.4 Å². The predicted octanol–water partition coefficient (Wildman–Crippen LogP) is 3.83. The lowest BCUT2D eigenvalue weighted by molar-refractivity contribution is 0.0872. The van der Waals surface area contributed by atoms with Gasteiger partial charge in [-0.05, 0) is 62.8 Å². The molecule has 1 rings (SSSR count). The minimum absolute atomic E-state index is 0.0220. The molecule has 0 amide bonds. The molecule has 1 aromatic heterocycles. The van der Waals surface area contributed by atoms with Crippen LogP contribution in [0.1, 0.15) is 59.7 Å². The molecule has 4 nitrogen and oxygen atoms in total. The zero-order valence-electron chi connectivity index (χ0n) is 14.4. The fraction of sp³-hybridized carbons (Fsp3) is 0.812. The van der Waals surface area contributed by atoms with Gasteiger partial charge in [0.2, 0.25) is 0 Å². The first-order chi connectivity index (χ1) is 9.93. The minimum Gasteiger partial charge on any atom is -0.307 e. The van der Waals surface area contributed by atoms with Gasteiger partial charge in [0, 0.05) is 12.1 Å². The molecule has 21 heavy (non-hydrogen) atoms. The molecule has 0 saturated heterocycles. The van der Waals surface area contributed by atoms with Crippen molar-refractivity contribution in [2.75, 3.05) is 19.6 Å². The van der Waals surface area contributed by atoms with Gasteiger partial charge in [0.25, 0.3) is 0 Å². The van der Waals surface area contributed by atoms with Crippen LogP contribution in [0.5, 0.6) is 0 Å². The standard InChI is InChI=1S/C16H31BrN4/c1-7-11-18-15(16(5,6)20(8-2)9-3)14-13(17)12-19-21(14)10-4/h12,15,18H,7-11H2,1-6H3. The van der Waals surface area contributed by atoms with Crippen LogP contribution >= 0.6 is 15.9 Å². The minimum atomic E-state index is 0.0220. The van der Waals surface area contributed by atoms with Crippen molar-refractivity contribution in [3.8, 4) is 0 Å². The van der Waals surface area contributed by atoms with E-state index in [2.05, 4.69) is 77.5 Å². The number of halogens is 1. The van der Waals surface area contributed by atoms with Crippen LogP contribution < -0.4 is 5.32 Å². The van der Waals surface area contributed by atoms with Crippen LogP contribution in [0.15, 0.2) is 10.7 Å². The van der Waals surface area contributed by atoms with E-state index in [0.717, 1.165) is 37.1 Å². The summed E-state index contributed by atoms with van der Waals surface area (Å²) >= 11 is 3.69. The average Bonchev–Trinajstić information content (AvgIpc) is 2.81. The van der Waals surface area contributed by atoms with Gasteiger partial charge in [-0.1, -0.05) is 20.8 Å². The SMILES string of the molecule is CCCNC(c1c(Br)cnn1CC)C(C)(C)N(CC)CC. The Kier molecular flexibility index (Phi) is 7.37. The highest BCUT2D eigenvalue weighted by atomic mass is 79.9. The molecule has 1 heterocycles. The number of hydrogen-bond acceptors (Lipinski definition) is 3. The van der Waals surface area contributed by atoms with Crippen molar-refractivity contribution in [2.24, 2.45) is 0 Å². The summed E-state index contributed by atoms with van der Waals surface area (Å²) in [6, 6.07) is 0.245. The van der Waals surface area contributed by atoms with Crippen LogP contribution in [-0.4, -0.2) is 39.9 Å². The normalized spacial score (nSPS) is 13.9. The maximum atomic E-state index is 4.50. The summed E-state index contributed by atoms with van der Waals surface area (Å²) in [6.07, 6.45) is 3.04. The van der Waals surface area contributed by atoms with E-state index in [1.165, 1.54) is 5.69 Å². The zero-order chi connectivity index (χ0) is 16.0. The van der Waals surface area contributed by atoms with Crippen molar-refractivity contribution in [3.63, 3.8) is 0 Å². The molecule has 1 atom stereocenters. The Morgan fingerprint density at radius 3 is 2.38 bits per heavy atom. The number of nitrogens with zero attached hydrogens (tertiary/aromatic N) is 3. The lowest BCUT2D eigenvalue weighted by Gasteiger charge is -2.44. The van der Waals surface area contributed by atoms with Crippen molar-refractivity contribution in [3.05, 3.63) is 16.4 Å². The van der Waals surface area contributed by atoms with Crippen LogP contribution in [0, 0.1) is 0 Å². The van der Waals surface area contributed by atoms with E-state index < -0.39 is 0 Å². The second-order valence-corrected chi connectivity index (χ2v) is 6.76. The third-order valence-corrected chi connectivity index (χ3v) is 4.90. The molecule has 122 valence electrons. The Balaban J connectivity index is 3.24. The fourth-order valence-corrected chi connectivity index (χ4v) is 3.63. The molecule has 1 N–H and O–H groups in total. The van der Waals surface area contributed by atoms with Gasteiger partial charge in [-0.15, -0.1) is 0 Å². The quantitative estimate of drug-likeness (QED) is 0.728. The summed E-state index contributed by atoms with van der Waals surface area (Å²) in [5.41, 5.74) is 1.27. The lowest BCUT2D eigenvalue weighted by atomic mass is 9.89. The van der Waals surface area contributed by atoms with E-state index in [0.29, 0.717) is 0 Å². The molecule has 0 aliphatic heterocycles. The molecule has 0 bridgehead atoms. The Hall–Kier alpha value is -0.390. The lowest BCUT2D eigenvalue weighted by Crippen LogP contribution is -2.53. The number of aryl methyl sites for hydroxylation is 1. The highest BCUT2D eigenvalue weighted by Gasteiger charge is 2.37. The molecule has 1 aromatic rings. The summed E-state index contributed by atoms with van der Waals surface area (Å²) in [7, 11) is 0. The van der Waals surface area contributed by atoms with Crippen LogP contribution in [0.4, 0.5) is 0 Å². The van der Waals surface area contributed by atoms with E-state index in [-0.39, 0.29) is 11.6 Å². The van der Waals surface area contributed by atoms with Gasteiger partial charge in [0.1, 0.15) is 0 Å². The second-order valence-electron chi connectivity index (χ2n) is 5.91. The van der Waals surface area contributed by atoms with Gasteiger partial charge in [-0.3, -0.25) is 9.58 Å². The Morgan fingerprint density at radius 2 is 1.90 bits per heavy atom. The van der Waals surface area contributed by atoms with Gasteiger partial charge >= 0.3 is 0 Å². The van der Waals surface area contributed by atoms with Crippen LogP contribution in [0.25, 0.3) is 0 Å². The summed E-state index contributed by atoms with van der Waals surface area (Å²) in [5, 5.41) is 8.24. The van der Waals surface area contributed by atoms with Gasteiger partial charge in [-0.2, -0.15) is 5.10 Å². The van der Waals surface area contributed by atoms with E-state index in [9.17, 15) is 0 Å². The molecule has 5 heteroatoms. The smallest absolute Gasteiger partial charge is 0.0714 e. The second kappa shape index (κ2) is 8.30. The van der Waals surface area contributed by atoms with Crippen LogP contribution in [-0.2, 0) is 6.54 Å². The predicted molar refractivity (Wildman–Crippen MR) is 93.6 cm³/mol. The third kappa shape index (κ3) is 4.08. The highest BCUT2D eigenvalue weighted by Crippen LogP contribution is 2.35. The molecule has 1 unspecified atom stereocenters. The Labute approximate surface area is 138 Å². The number of likely N-dealkylation sites (N-methyl/N-ethyl adjacent to an activating group) is 1. The zero-order valence-corrected chi connectivity index (χ0v) is 16.0. The van der Waals surface area contributed by atoms with Crippen LogP contribution in [0.3, 0.4) is 0 Å². The molecular formula is C16H31BrN4. The monoisotopic (exact) mass is 358 g/mol. The largest absolute Gasteiger partial charge is 0.307 e. The summed E-state index contributed by atoms with van der Waals surface area (Å²) in [4.78, 5) is 2.51. The molecule has 0 fully saturated rings. The first-order valence-electron chi connectivity index (χ1n) is 8.13. The van der Waals surface area contributed by atoms with Gasteiger partial charge < -0.3 is 5.32 Å². The number of hydrogen-bond donors (Lipinski definition) is 1. The Bertz CT molecular complexity index is 424. The van der Waals surface area contributed by atoms with Crippen LogP contribution in [0.2, 0.25) is 0 Å². The molecule has 0 spiro atoms. The van der Waals surface area contributed by atoms with E-state index in [1.54, 1.807) is 0 Å². The number of nitrogens with one attached hydrogen (secondary N) is 1. The number of rotatable bonds is 9. The number of aromatic nitrogens is 2. The van der Waals surface area contributed by atoms with Gasteiger partial charge in [0.15, 0.2) is 0 Å². The molecule has 0 saturated carbocycles. The molecule has 0 aromatic carbocycles. The molecule has 0 aliphatic rings. The topological polar surface area (TPSA) is 33.1 Å². The molecular weight excluding hydrogens is 328 g/mol. The molecule has 0 radical (unpaired) electrons. The first kappa shape index (κ1) is 18.7. The maximum absolute atomic E-state index is 4.50. The van der Waals surface area contributed by atoms with Gasteiger partial charge in [-0.25, -0.2) is 0 Å². The average molecular weight is 359 g/mol. The van der Waals surface area contributed by atoms with Crippen molar-refractivity contribution < 1.29 is 0 Å². The van der Waals surface area contributed by atoms with Crippen molar-refractivity contribution in [2.45, 2.75) is 66.1 Å². The van der Waals surface area contributed by atoms with E-state index >= 15 is 0 Å². The fourth-order valence-electron chi connectivity index (χ4n) is 3.10. The summed E-state index contributed by atoms with van der Waals surface area (Å²) in [6.45, 7) is 17.5. The van der Waals surface area contributed by atoms with E-state index in [1.807, 2.05) is 6.20 Å². The summed E-state index contributed by atoms with van der Waals surface area (Å²) < 4.78 is 3.20. The first-order valence-corrected chi connectivity index (χ1v) is 8.92. The van der Waals surface area contributed by atoms with E-state index in [4.69, 9.17) is 0 Å². The molecule has 0 aliphatic carbocycles. The Morgan fingerprint density at radius 1 is 1.29 bits per heavy atom. The highest BCUT2D eigenvalue weighted by molar-refractivity contribution is 9.10. The summed E-state index contributed by atoms with van der Waals surface area (Å²) in [5.74, 6) is 0.